The van der Waals surface area contributed by atoms with Crippen molar-refractivity contribution >= 4 is 23.4 Å². The third kappa shape index (κ3) is 4.51. The molecule has 2 aromatic carbocycles. The van der Waals surface area contributed by atoms with Gasteiger partial charge in [0, 0.05) is 0 Å². The molecule has 0 aliphatic carbocycles. The van der Waals surface area contributed by atoms with E-state index in [1.807, 2.05) is 70.2 Å². The van der Waals surface area contributed by atoms with Crippen molar-refractivity contribution in [3.05, 3.63) is 53.6 Å². The van der Waals surface area contributed by atoms with E-state index in [0.29, 0.717) is 23.2 Å². The topological polar surface area (TPSA) is 81.9 Å². The Kier molecular flexibility index (Phi) is 6.30. The van der Waals surface area contributed by atoms with Crippen molar-refractivity contribution in [3.8, 4) is 11.4 Å². The number of carbonyl (C=O) groups excluding carboxylic acids is 1. The number of thioether (sulfide) groups is 1. The predicted molar refractivity (Wildman–Crippen MR) is 110 cm³/mol. The van der Waals surface area contributed by atoms with Gasteiger partial charge in [0.05, 0.1) is 23.2 Å². The Morgan fingerprint density at radius 3 is 2.82 bits per heavy atom. The fraction of sp³-hybridized carbons (Fsp3) is 0.300. The van der Waals surface area contributed by atoms with E-state index < -0.39 is 5.25 Å². The van der Waals surface area contributed by atoms with Crippen LogP contribution in [0.5, 0.6) is 5.75 Å². The number of hydrogen-bond donors (Lipinski definition) is 1. The van der Waals surface area contributed by atoms with Gasteiger partial charge in [-0.15, -0.1) is 5.10 Å². The average molecular weight is 398 g/mol. The molecule has 0 radical (unpaired) electrons. The molecule has 1 amide bonds. The molecule has 0 saturated carbocycles. The standard InChI is InChI=1S/C20H23N5O2S/c1-5-27-18-9-7-6-8-16(18)21-19(26)15(4)28-20-22-23-24-25(20)17-12-13(2)10-11-14(17)3/h6-12,15H,5H2,1-4H3,(H,21,26)/t15-/m1/s1. The number of amides is 1. The number of rotatable bonds is 7. The molecule has 0 spiro atoms. The molecule has 3 rings (SSSR count). The molecule has 0 aliphatic heterocycles. The van der Waals surface area contributed by atoms with Crippen molar-refractivity contribution < 1.29 is 9.53 Å². The van der Waals surface area contributed by atoms with Crippen LogP contribution in [0.4, 0.5) is 5.69 Å². The molecule has 28 heavy (non-hydrogen) atoms. The molecular formula is C20H23N5O2S. The van der Waals surface area contributed by atoms with E-state index in [1.54, 1.807) is 4.68 Å². The highest BCUT2D eigenvalue weighted by atomic mass is 32.2. The first-order valence-corrected chi connectivity index (χ1v) is 9.93. The maximum absolute atomic E-state index is 12.7. The van der Waals surface area contributed by atoms with E-state index in [1.165, 1.54) is 11.8 Å². The van der Waals surface area contributed by atoms with E-state index in [0.717, 1.165) is 16.8 Å². The Labute approximate surface area is 168 Å². The third-order valence-electron chi connectivity index (χ3n) is 4.13. The number of para-hydroxylation sites is 2. The van der Waals surface area contributed by atoms with Crippen molar-refractivity contribution in [1.82, 2.24) is 20.2 Å². The molecule has 1 heterocycles. The van der Waals surface area contributed by atoms with Crippen molar-refractivity contribution in [1.29, 1.82) is 0 Å². The number of benzene rings is 2. The molecule has 1 atom stereocenters. The first-order valence-electron chi connectivity index (χ1n) is 9.05. The van der Waals surface area contributed by atoms with Crippen molar-refractivity contribution in [2.75, 3.05) is 11.9 Å². The Morgan fingerprint density at radius 2 is 2.04 bits per heavy atom. The largest absolute Gasteiger partial charge is 0.492 e. The van der Waals surface area contributed by atoms with Gasteiger partial charge in [-0.3, -0.25) is 4.79 Å². The molecular weight excluding hydrogens is 374 g/mol. The Bertz CT molecular complexity index is 973. The van der Waals surface area contributed by atoms with Crippen LogP contribution < -0.4 is 10.1 Å². The van der Waals surface area contributed by atoms with Crippen LogP contribution in [0.3, 0.4) is 0 Å². The molecule has 0 saturated heterocycles. The summed E-state index contributed by atoms with van der Waals surface area (Å²) >= 11 is 1.31. The van der Waals surface area contributed by atoms with Crippen LogP contribution in [0.2, 0.25) is 0 Å². The minimum absolute atomic E-state index is 0.146. The number of anilines is 1. The normalized spacial score (nSPS) is 11.9. The van der Waals surface area contributed by atoms with E-state index in [9.17, 15) is 4.79 Å². The zero-order valence-electron chi connectivity index (χ0n) is 16.3. The molecule has 0 fully saturated rings. The van der Waals surface area contributed by atoms with Gasteiger partial charge in [0.15, 0.2) is 0 Å². The zero-order chi connectivity index (χ0) is 20.1. The first kappa shape index (κ1) is 19.9. The zero-order valence-corrected chi connectivity index (χ0v) is 17.2. The number of hydrogen-bond acceptors (Lipinski definition) is 6. The van der Waals surface area contributed by atoms with Crippen LogP contribution in [-0.2, 0) is 4.79 Å². The van der Waals surface area contributed by atoms with Crippen LogP contribution in [0.25, 0.3) is 5.69 Å². The lowest BCUT2D eigenvalue weighted by Gasteiger charge is -2.15. The van der Waals surface area contributed by atoms with Crippen molar-refractivity contribution in [2.45, 2.75) is 38.1 Å². The van der Waals surface area contributed by atoms with Gasteiger partial charge in [-0.2, -0.15) is 4.68 Å². The third-order valence-corrected chi connectivity index (χ3v) is 5.16. The van der Waals surface area contributed by atoms with E-state index in [-0.39, 0.29) is 5.91 Å². The van der Waals surface area contributed by atoms with Gasteiger partial charge in [-0.05, 0) is 67.4 Å². The number of nitrogens with one attached hydrogen (secondary N) is 1. The highest BCUT2D eigenvalue weighted by Crippen LogP contribution is 2.28. The van der Waals surface area contributed by atoms with Crippen LogP contribution in [0, 0.1) is 13.8 Å². The van der Waals surface area contributed by atoms with Gasteiger partial charge in [0.2, 0.25) is 11.1 Å². The second kappa shape index (κ2) is 8.88. The van der Waals surface area contributed by atoms with E-state index in [2.05, 4.69) is 20.8 Å². The highest BCUT2D eigenvalue weighted by molar-refractivity contribution is 8.00. The lowest BCUT2D eigenvalue weighted by atomic mass is 10.1. The fourth-order valence-electron chi connectivity index (χ4n) is 2.65. The van der Waals surface area contributed by atoms with Gasteiger partial charge in [0.1, 0.15) is 5.75 Å². The summed E-state index contributed by atoms with van der Waals surface area (Å²) < 4.78 is 7.24. The minimum Gasteiger partial charge on any atom is -0.492 e. The summed E-state index contributed by atoms with van der Waals surface area (Å²) in [4.78, 5) is 12.7. The predicted octanol–water partition coefficient (Wildman–Crippen LogP) is 3.80. The lowest BCUT2D eigenvalue weighted by Crippen LogP contribution is -2.23. The minimum atomic E-state index is -0.399. The molecule has 0 unspecified atom stereocenters. The lowest BCUT2D eigenvalue weighted by molar-refractivity contribution is -0.115. The Hall–Kier alpha value is -2.87. The van der Waals surface area contributed by atoms with E-state index >= 15 is 0 Å². The quantitative estimate of drug-likeness (QED) is 0.611. The molecule has 1 aromatic heterocycles. The van der Waals surface area contributed by atoms with Crippen LogP contribution >= 0.6 is 11.8 Å². The van der Waals surface area contributed by atoms with E-state index in [4.69, 9.17) is 4.74 Å². The summed E-state index contributed by atoms with van der Waals surface area (Å²) in [5.74, 6) is 0.503. The van der Waals surface area contributed by atoms with Gasteiger partial charge >= 0.3 is 0 Å². The Morgan fingerprint density at radius 1 is 1.25 bits per heavy atom. The molecule has 1 N–H and O–H groups in total. The maximum atomic E-state index is 12.7. The number of nitrogens with zero attached hydrogens (tertiary/aromatic N) is 4. The summed E-state index contributed by atoms with van der Waals surface area (Å²) in [6, 6.07) is 13.5. The number of aromatic nitrogens is 4. The smallest absolute Gasteiger partial charge is 0.237 e. The summed E-state index contributed by atoms with van der Waals surface area (Å²) in [5, 5.41) is 15.1. The number of carbonyl (C=O) groups is 1. The SMILES string of the molecule is CCOc1ccccc1NC(=O)[C@@H](C)Sc1nnnn1-c1cc(C)ccc1C. The van der Waals surface area contributed by atoms with Crippen LogP contribution in [-0.4, -0.2) is 38.0 Å². The van der Waals surface area contributed by atoms with Gasteiger partial charge in [0.25, 0.3) is 0 Å². The molecule has 7 nitrogen and oxygen atoms in total. The molecule has 3 aromatic rings. The van der Waals surface area contributed by atoms with Crippen LogP contribution in [0.15, 0.2) is 47.6 Å². The fourth-order valence-corrected chi connectivity index (χ4v) is 3.45. The summed E-state index contributed by atoms with van der Waals surface area (Å²) in [6.07, 6.45) is 0. The second-order valence-electron chi connectivity index (χ2n) is 6.34. The second-order valence-corrected chi connectivity index (χ2v) is 7.65. The summed E-state index contributed by atoms with van der Waals surface area (Å²) in [6.45, 7) is 8.29. The van der Waals surface area contributed by atoms with Crippen molar-refractivity contribution in [2.24, 2.45) is 0 Å². The van der Waals surface area contributed by atoms with Gasteiger partial charge < -0.3 is 10.1 Å². The molecule has 146 valence electrons. The number of tetrazole rings is 1. The number of ether oxygens (including phenoxy) is 1. The monoisotopic (exact) mass is 397 g/mol. The van der Waals surface area contributed by atoms with Crippen molar-refractivity contribution in [3.63, 3.8) is 0 Å². The summed E-state index contributed by atoms with van der Waals surface area (Å²) in [7, 11) is 0. The first-order chi connectivity index (χ1) is 13.5. The van der Waals surface area contributed by atoms with Gasteiger partial charge in [-0.1, -0.05) is 36.0 Å². The molecule has 8 heteroatoms. The molecule has 0 bridgehead atoms. The number of aryl methyl sites for hydroxylation is 2. The molecule has 0 aliphatic rings. The maximum Gasteiger partial charge on any atom is 0.237 e. The average Bonchev–Trinajstić information content (AvgIpc) is 3.13. The Balaban J connectivity index is 1.76. The van der Waals surface area contributed by atoms with Crippen LogP contribution in [0.1, 0.15) is 25.0 Å². The van der Waals surface area contributed by atoms with Gasteiger partial charge in [-0.25, -0.2) is 0 Å². The summed E-state index contributed by atoms with van der Waals surface area (Å²) in [5.41, 5.74) is 3.73. The highest BCUT2D eigenvalue weighted by Gasteiger charge is 2.21.